The second kappa shape index (κ2) is 11.4. The number of Topliss-reactive ketones (excluding diaryl/α,β-unsaturated/α-hetero) is 1. The van der Waals surface area contributed by atoms with Crippen LogP contribution in [0.4, 0.5) is 9.18 Å². The first-order valence-corrected chi connectivity index (χ1v) is 13.7. The number of rotatable bonds is 8. The van der Waals surface area contributed by atoms with Gasteiger partial charge in [-0.05, 0) is 89.7 Å². The molecule has 8 heteroatoms. The summed E-state index contributed by atoms with van der Waals surface area (Å²) in [5.41, 5.74) is 0.411. The Morgan fingerprint density at radius 3 is 2.30 bits per heavy atom. The van der Waals surface area contributed by atoms with Gasteiger partial charge in [0.15, 0.2) is 5.78 Å². The number of ketones is 1. The number of likely N-dealkylation sites (tertiary alicyclic amines) is 1. The summed E-state index contributed by atoms with van der Waals surface area (Å²) in [4.78, 5) is 39.7. The van der Waals surface area contributed by atoms with Gasteiger partial charge in [0.1, 0.15) is 17.2 Å². The first kappa shape index (κ1) is 27.4. The molecule has 2 aliphatic carbocycles. The molecule has 7 nitrogen and oxygen atoms in total. The number of esters is 1. The predicted octanol–water partition coefficient (Wildman–Crippen LogP) is 5.89. The topological polar surface area (TPSA) is 82.1 Å². The number of hydrogen-bond donors (Lipinski definition) is 0. The number of halogens is 1. The van der Waals surface area contributed by atoms with Crippen LogP contribution < -0.4 is 4.74 Å². The third-order valence-electron chi connectivity index (χ3n) is 7.56. The van der Waals surface area contributed by atoms with Crippen LogP contribution in [0, 0.1) is 23.6 Å². The normalized spacial score (nSPS) is 22.6. The number of piperidine rings is 1. The van der Waals surface area contributed by atoms with Crippen molar-refractivity contribution in [2.24, 2.45) is 17.8 Å². The zero-order valence-electron chi connectivity index (χ0n) is 22.5. The first-order chi connectivity index (χ1) is 17.6. The maximum absolute atomic E-state index is 15.3. The summed E-state index contributed by atoms with van der Waals surface area (Å²) < 4.78 is 32.0. The number of ether oxygens (including phenoxy) is 3. The number of hydrogen-bond acceptors (Lipinski definition) is 6. The van der Waals surface area contributed by atoms with E-state index in [4.69, 9.17) is 14.2 Å². The molecule has 0 bridgehead atoms. The van der Waals surface area contributed by atoms with Gasteiger partial charge in [0.25, 0.3) is 0 Å². The third-order valence-corrected chi connectivity index (χ3v) is 7.56. The molecule has 0 spiro atoms. The molecule has 1 aromatic carbocycles. The standard InChI is InChI=1S/C29H40FNO6/c1-5-35-27(33)21-8-6-7-20(21)26(32)23-15-22(19-9-10-19)25(16-24(23)30)36-17-18-11-13-31(14-12-18)28(34)37-29(2,3)4/h15-16,18-21H,5-14,17H2,1-4H3/t20-,21-/m1/s1. The molecular weight excluding hydrogens is 477 g/mol. The van der Waals surface area contributed by atoms with E-state index in [1.165, 1.54) is 6.07 Å². The highest BCUT2D eigenvalue weighted by Gasteiger charge is 2.40. The Morgan fingerprint density at radius 1 is 1.00 bits per heavy atom. The van der Waals surface area contributed by atoms with Crippen molar-refractivity contribution < 1.29 is 33.0 Å². The van der Waals surface area contributed by atoms with Crippen molar-refractivity contribution in [3.8, 4) is 5.75 Å². The van der Waals surface area contributed by atoms with Crippen LogP contribution in [-0.4, -0.2) is 54.7 Å². The van der Waals surface area contributed by atoms with Gasteiger partial charge < -0.3 is 19.1 Å². The van der Waals surface area contributed by atoms with Gasteiger partial charge in [-0.2, -0.15) is 0 Å². The zero-order valence-corrected chi connectivity index (χ0v) is 22.5. The van der Waals surface area contributed by atoms with Crippen LogP contribution in [0.3, 0.4) is 0 Å². The van der Waals surface area contributed by atoms with Gasteiger partial charge in [-0.3, -0.25) is 9.59 Å². The predicted molar refractivity (Wildman–Crippen MR) is 136 cm³/mol. The summed E-state index contributed by atoms with van der Waals surface area (Å²) in [6.45, 7) is 9.21. The largest absolute Gasteiger partial charge is 0.493 e. The maximum Gasteiger partial charge on any atom is 0.410 e. The van der Waals surface area contributed by atoms with Crippen LogP contribution in [0.5, 0.6) is 5.75 Å². The van der Waals surface area contributed by atoms with E-state index in [2.05, 4.69) is 0 Å². The molecule has 2 atom stereocenters. The minimum absolute atomic E-state index is 0.0566. The van der Waals surface area contributed by atoms with Crippen LogP contribution in [0.2, 0.25) is 0 Å². The average Bonchev–Trinajstić information content (AvgIpc) is 3.56. The van der Waals surface area contributed by atoms with Gasteiger partial charge in [0.05, 0.1) is 24.7 Å². The molecule has 0 radical (unpaired) electrons. The highest BCUT2D eigenvalue weighted by molar-refractivity contribution is 6.01. The summed E-state index contributed by atoms with van der Waals surface area (Å²) in [5.74, 6) is -1.30. The lowest BCUT2D eigenvalue weighted by Gasteiger charge is -2.33. The maximum atomic E-state index is 15.3. The van der Waals surface area contributed by atoms with E-state index < -0.39 is 23.3 Å². The molecule has 4 rings (SSSR count). The van der Waals surface area contributed by atoms with E-state index in [0.29, 0.717) is 38.3 Å². The number of nitrogens with zero attached hydrogens (tertiary/aromatic N) is 1. The Bertz CT molecular complexity index is 1010. The van der Waals surface area contributed by atoms with Gasteiger partial charge in [0, 0.05) is 25.1 Å². The molecule has 0 aromatic heterocycles. The minimum atomic E-state index is -0.598. The summed E-state index contributed by atoms with van der Waals surface area (Å²) in [6, 6.07) is 3.02. The number of carbonyl (C=O) groups excluding carboxylic acids is 3. The molecule has 37 heavy (non-hydrogen) atoms. The molecule has 1 amide bonds. The lowest BCUT2D eigenvalue weighted by atomic mass is 9.87. The third kappa shape index (κ3) is 6.82. The molecule has 3 fully saturated rings. The van der Waals surface area contributed by atoms with Crippen molar-refractivity contribution in [2.45, 2.75) is 84.2 Å². The average molecular weight is 518 g/mol. The van der Waals surface area contributed by atoms with E-state index in [9.17, 15) is 14.4 Å². The van der Waals surface area contributed by atoms with Crippen molar-refractivity contribution in [3.05, 3.63) is 29.1 Å². The number of amides is 1. The Balaban J connectivity index is 1.40. The van der Waals surface area contributed by atoms with Crippen LogP contribution >= 0.6 is 0 Å². The van der Waals surface area contributed by atoms with Gasteiger partial charge in [-0.1, -0.05) is 6.42 Å². The monoisotopic (exact) mass is 517 g/mol. The summed E-state index contributed by atoms with van der Waals surface area (Å²) in [6.07, 6.45) is 5.17. The molecule has 1 heterocycles. The molecule has 0 N–H and O–H groups in total. The van der Waals surface area contributed by atoms with Crippen LogP contribution in [0.1, 0.15) is 94.5 Å². The van der Waals surface area contributed by atoms with E-state index in [1.54, 1.807) is 17.9 Å². The van der Waals surface area contributed by atoms with Gasteiger partial charge in [-0.15, -0.1) is 0 Å². The molecule has 1 saturated heterocycles. The van der Waals surface area contributed by atoms with E-state index >= 15 is 4.39 Å². The molecule has 0 unspecified atom stereocenters. The van der Waals surface area contributed by atoms with Crippen molar-refractivity contribution in [2.75, 3.05) is 26.3 Å². The minimum Gasteiger partial charge on any atom is -0.493 e. The summed E-state index contributed by atoms with van der Waals surface area (Å²) in [7, 11) is 0. The van der Waals surface area contributed by atoms with E-state index in [-0.39, 0.29) is 41.9 Å². The fraction of sp³-hybridized carbons (Fsp3) is 0.690. The SMILES string of the molecule is CCOC(=O)[C@@H]1CCC[C@H]1C(=O)c1cc(C2CC2)c(OCC2CCN(C(=O)OC(C)(C)C)CC2)cc1F. The smallest absolute Gasteiger partial charge is 0.410 e. The molecule has 1 aliphatic heterocycles. The first-order valence-electron chi connectivity index (χ1n) is 13.7. The highest BCUT2D eigenvalue weighted by Crippen LogP contribution is 2.46. The fourth-order valence-electron chi connectivity index (χ4n) is 5.42. The quantitative estimate of drug-likeness (QED) is 0.316. The zero-order chi connectivity index (χ0) is 26.7. The Labute approximate surface area is 219 Å². The molecule has 1 aromatic rings. The second-order valence-electron chi connectivity index (χ2n) is 11.6. The van der Waals surface area contributed by atoms with E-state index in [1.807, 2.05) is 20.8 Å². The molecule has 2 saturated carbocycles. The number of carbonyl (C=O) groups is 3. The molecule has 204 valence electrons. The van der Waals surface area contributed by atoms with Crippen molar-refractivity contribution in [3.63, 3.8) is 0 Å². The van der Waals surface area contributed by atoms with E-state index in [0.717, 1.165) is 37.7 Å². The lowest BCUT2D eigenvalue weighted by molar-refractivity contribution is -0.148. The molecular formula is C29H40FNO6. The van der Waals surface area contributed by atoms with Gasteiger partial charge in [-0.25, -0.2) is 9.18 Å². The Kier molecular flexibility index (Phi) is 8.44. The van der Waals surface area contributed by atoms with Crippen LogP contribution in [0.15, 0.2) is 12.1 Å². The highest BCUT2D eigenvalue weighted by atomic mass is 19.1. The second-order valence-corrected chi connectivity index (χ2v) is 11.6. The summed E-state index contributed by atoms with van der Waals surface area (Å²) >= 11 is 0. The summed E-state index contributed by atoms with van der Waals surface area (Å²) in [5, 5.41) is 0. The number of benzene rings is 1. The fourth-order valence-corrected chi connectivity index (χ4v) is 5.42. The molecule has 3 aliphatic rings. The van der Waals surface area contributed by atoms with Crippen LogP contribution in [-0.2, 0) is 14.3 Å². The van der Waals surface area contributed by atoms with Crippen LogP contribution in [0.25, 0.3) is 0 Å². The van der Waals surface area contributed by atoms with Gasteiger partial charge in [0.2, 0.25) is 0 Å². The Morgan fingerprint density at radius 2 is 1.68 bits per heavy atom. The van der Waals surface area contributed by atoms with Crippen molar-refractivity contribution >= 4 is 17.8 Å². The van der Waals surface area contributed by atoms with Crippen molar-refractivity contribution in [1.29, 1.82) is 0 Å². The Hall–Kier alpha value is -2.64. The van der Waals surface area contributed by atoms with Crippen molar-refractivity contribution in [1.82, 2.24) is 4.90 Å². The lowest BCUT2D eigenvalue weighted by Crippen LogP contribution is -2.42. The van der Waals surface area contributed by atoms with Gasteiger partial charge >= 0.3 is 12.1 Å².